The molecule has 0 unspecified atom stereocenters. The van der Waals surface area contributed by atoms with Crippen molar-refractivity contribution in [3.05, 3.63) is 70.9 Å². The van der Waals surface area contributed by atoms with Crippen LogP contribution >= 0.6 is 11.3 Å². The van der Waals surface area contributed by atoms with Crippen LogP contribution < -0.4 is 4.50 Å². The van der Waals surface area contributed by atoms with E-state index in [1.54, 1.807) is 11.3 Å². The second kappa shape index (κ2) is 6.79. The molecule has 2 heterocycles. The Morgan fingerprint density at radius 3 is 2.45 bits per heavy atom. The van der Waals surface area contributed by atoms with Crippen molar-refractivity contribution in [1.29, 1.82) is 0 Å². The summed E-state index contributed by atoms with van der Waals surface area (Å²) < 4.78 is 6.49. The van der Waals surface area contributed by atoms with E-state index in [1.165, 1.54) is 36.5 Å². The number of nitrogens with zero attached hydrogens (tertiary/aromatic N) is 2. The van der Waals surface area contributed by atoms with E-state index in [0.717, 1.165) is 11.3 Å². The Labute approximate surface area is 178 Å². The summed E-state index contributed by atoms with van der Waals surface area (Å²) in [6.45, 7) is 20.9. The monoisotopic (exact) mass is 414 g/mol. The average molecular weight is 415 g/mol. The number of thiophene rings is 1. The number of fused-ring (bicyclic) bond motifs is 2. The number of rotatable bonds is 2. The molecular formula is C25H26N2SSi. The van der Waals surface area contributed by atoms with Gasteiger partial charge in [-0.1, -0.05) is 45.0 Å². The van der Waals surface area contributed by atoms with Crippen LogP contribution in [0.3, 0.4) is 0 Å². The van der Waals surface area contributed by atoms with Gasteiger partial charge in [-0.3, -0.25) is 11.6 Å². The van der Waals surface area contributed by atoms with E-state index in [1.807, 2.05) is 6.20 Å². The van der Waals surface area contributed by atoms with Crippen molar-refractivity contribution < 1.29 is 0 Å². The van der Waals surface area contributed by atoms with E-state index < -0.39 is 8.24 Å². The molecule has 2 nitrogen and oxygen atoms in total. The number of hydrogen-bond donors (Lipinski definition) is 0. The number of hydrogen-bond acceptors (Lipinski definition) is 2. The predicted molar refractivity (Wildman–Crippen MR) is 130 cm³/mol. The van der Waals surface area contributed by atoms with Crippen LogP contribution in [0.1, 0.15) is 31.9 Å². The molecule has 29 heavy (non-hydrogen) atoms. The number of aryl methyl sites for hydroxylation is 1. The van der Waals surface area contributed by atoms with Crippen LogP contribution in [0.2, 0.25) is 13.1 Å². The summed E-state index contributed by atoms with van der Waals surface area (Å²) in [5, 5.41) is 3.79. The highest BCUT2D eigenvalue weighted by Crippen LogP contribution is 2.38. The molecule has 2 aromatic heterocycles. The summed E-state index contributed by atoms with van der Waals surface area (Å²) in [7, 11) is -2.11. The van der Waals surface area contributed by atoms with Crippen molar-refractivity contribution in [2.75, 3.05) is 0 Å². The Morgan fingerprint density at radius 1 is 1.03 bits per heavy atom. The molecule has 0 atom stereocenters. The van der Waals surface area contributed by atoms with Crippen molar-refractivity contribution in [1.82, 2.24) is 4.98 Å². The fourth-order valence-electron chi connectivity index (χ4n) is 4.06. The molecule has 0 saturated carbocycles. The third-order valence-electron chi connectivity index (χ3n) is 5.63. The lowest BCUT2D eigenvalue weighted by Crippen LogP contribution is -2.37. The molecule has 4 rings (SSSR count). The highest BCUT2D eigenvalue weighted by molar-refractivity contribution is 7.32. The van der Waals surface area contributed by atoms with Gasteiger partial charge in [0, 0.05) is 24.9 Å². The van der Waals surface area contributed by atoms with Crippen LogP contribution in [-0.2, 0) is 5.41 Å². The lowest BCUT2D eigenvalue weighted by Gasteiger charge is -2.22. The third-order valence-corrected chi connectivity index (χ3v) is 10.6. The summed E-state index contributed by atoms with van der Waals surface area (Å²) in [5.41, 5.74) is 4.84. The van der Waals surface area contributed by atoms with Crippen LogP contribution in [0.4, 0.5) is 0 Å². The molecule has 0 saturated heterocycles. The van der Waals surface area contributed by atoms with Crippen LogP contribution in [-0.4, -0.2) is 13.2 Å². The van der Waals surface area contributed by atoms with Crippen LogP contribution in [0, 0.1) is 13.5 Å². The van der Waals surface area contributed by atoms with Crippen LogP contribution in [0.5, 0.6) is 0 Å². The second-order valence-corrected chi connectivity index (χ2v) is 14.5. The van der Waals surface area contributed by atoms with Crippen molar-refractivity contribution in [3.63, 3.8) is 0 Å². The summed E-state index contributed by atoms with van der Waals surface area (Å²) in [6.07, 6.45) is 1.92. The zero-order valence-electron chi connectivity index (χ0n) is 17.9. The number of aromatic nitrogens is 1. The number of pyridine rings is 1. The van der Waals surface area contributed by atoms with Gasteiger partial charge in [0.1, 0.15) is 0 Å². The Kier molecular flexibility index (Phi) is 4.64. The molecule has 0 aliphatic rings. The topological polar surface area (TPSA) is 17.2 Å². The highest BCUT2D eigenvalue weighted by atomic mass is 32.1. The molecule has 0 spiro atoms. The Bertz CT molecular complexity index is 1290. The van der Waals surface area contributed by atoms with Gasteiger partial charge in [0.05, 0.1) is 14.9 Å². The average Bonchev–Trinajstić information content (AvgIpc) is 3.04. The van der Waals surface area contributed by atoms with Gasteiger partial charge in [0.15, 0.2) is 0 Å². The van der Waals surface area contributed by atoms with Crippen molar-refractivity contribution in [2.45, 2.75) is 46.2 Å². The summed E-state index contributed by atoms with van der Waals surface area (Å²) in [4.78, 5) is 4.82. The molecule has 0 N–H and O–H groups in total. The van der Waals surface area contributed by atoms with E-state index in [0.29, 0.717) is 0 Å². The quantitative estimate of drug-likeness (QED) is 0.254. The van der Waals surface area contributed by atoms with E-state index in [2.05, 4.69) is 87.8 Å². The maximum absolute atomic E-state index is 7.70. The van der Waals surface area contributed by atoms with E-state index >= 15 is 0 Å². The minimum atomic E-state index is -2.11. The molecule has 0 aliphatic carbocycles. The van der Waals surface area contributed by atoms with Gasteiger partial charge in [-0.05, 0) is 57.8 Å². The van der Waals surface area contributed by atoms with Gasteiger partial charge in [-0.2, -0.15) is 0 Å². The third kappa shape index (κ3) is 3.29. The molecule has 0 radical (unpaired) electrons. The van der Waals surface area contributed by atoms with Gasteiger partial charge in [-0.25, -0.2) is 0 Å². The van der Waals surface area contributed by atoms with Gasteiger partial charge < -0.3 is 4.51 Å². The second-order valence-electron chi connectivity index (χ2n) is 9.26. The fraction of sp³-hybridized carbons (Fsp3) is 0.280. The fourth-order valence-corrected chi connectivity index (χ4v) is 7.72. The highest BCUT2D eigenvalue weighted by Gasteiger charge is 2.38. The first-order valence-corrected chi connectivity index (χ1v) is 13.7. The molecule has 4 heteroatoms. The zero-order valence-corrected chi connectivity index (χ0v) is 19.7. The first kappa shape index (κ1) is 19.8. The molecule has 0 aliphatic heterocycles. The van der Waals surface area contributed by atoms with E-state index in [9.17, 15) is 0 Å². The van der Waals surface area contributed by atoms with Crippen molar-refractivity contribution in [3.8, 4) is 11.3 Å². The Morgan fingerprint density at radius 2 is 1.76 bits per heavy atom. The lowest BCUT2D eigenvalue weighted by molar-refractivity contribution is 0.596. The van der Waals surface area contributed by atoms with Crippen molar-refractivity contribution in [2.24, 2.45) is 0 Å². The smallest absolute Gasteiger partial charge is 0.406 e. The maximum atomic E-state index is 7.70. The minimum absolute atomic E-state index is 0.0407. The molecule has 146 valence electrons. The lowest BCUT2D eigenvalue weighted by atomic mass is 9.82. The van der Waals surface area contributed by atoms with E-state index in [4.69, 9.17) is 11.6 Å². The first-order valence-electron chi connectivity index (χ1n) is 9.94. The molecule has 4 aromatic rings. The largest absolute Gasteiger partial charge is 0.478 e. The van der Waals surface area contributed by atoms with Crippen LogP contribution in [0.25, 0.3) is 36.6 Å². The van der Waals surface area contributed by atoms with Crippen LogP contribution in [0.15, 0.2) is 48.7 Å². The summed E-state index contributed by atoms with van der Waals surface area (Å²) >= 11 is 1.78. The molecule has 0 bridgehead atoms. The zero-order chi connectivity index (χ0) is 21.0. The predicted octanol–water partition coefficient (Wildman–Crippen LogP) is 7.05. The Balaban J connectivity index is 2.05. The minimum Gasteiger partial charge on any atom is -0.406 e. The SMILES string of the molecule is [C-]#[N+][Si](C)(C)c1sc2c(-c3cc(C(C)(C)C)c4ccccc4c3)nccc2c1C. The standard InChI is InChI=1S/C25H26N2SSi/c1-16-19-12-13-27-22(23(19)28-24(16)29(6,7)26-5)18-14-17-10-8-9-11-20(17)21(15-18)25(2,3)4/h8-15H,1-4,6-7H3. The Hall–Kier alpha value is -2.48. The molecule has 2 aromatic carbocycles. The molecular weight excluding hydrogens is 388 g/mol. The first-order chi connectivity index (χ1) is 13.6. The summed E-state index contributed by atoms with van der Waals surface area (Å²) in [6, 6.07) is 15.3. The number of benzene rings is 2. The molecule has 0 amide bonds. The van der Waals surface area contributed by atoms with Gasteiger partial charge in [0.2, 0.25) is 0 Å². The van der Waals surface area contributed by atoms with Gasteiger partial charge in [0.25, 0.3) is 0 Å². The maximum Gasteiger partial charge on any atom is 0.478 e. The summed E-state index contributed by atoms with van der Waals surface area (Å²) in [5.74, 6) is 0. The molecule has 0 fully saturated rings. The van der Waals surface area contributed by atoms with Gasteiger partial charge in [-0.15, -0.1) is 11.3 Å². The normalized spacial score (nSPS) is 12.4. The van der Waals surface area contributed by atoms with E-state index in [-0.39, 0.29) is 5.41 Å². The van der Waals surface area contributed by atoms with Gasteiger partial charge >= 0.3 is 8.24 Å². The van der Waals surface area contributed by atoms with Crippen molar-refractivity contribution >= 4 is 44.9 Å².